The number of aryl methyl sites for hydroxylation is 1. The maximum absolute atomic E-state index is 12.5. The number of fused-ring (bicyclic) bond motifs is 1. The molecule has 8 heteroatoms. The smallest absolute Gasteiger partial charge is 0.226 e. The van der Waals surface area contributed by atoms with Crippen LogP contribution in [0.1, 0.15) is 5.56 Å². The highest BCUT2D eigenvalue weighted by Gasteiger charge is 2.22. The molecule has 0 saturated heterocycles. The number of benzene rings is 1. The molecular weight excluding hydrogens is 350 g/mol. The van der Waals surface area contributed by atoms with Gasteiger partial charge in [0.2, 0.25) is 0 Å². The van der Waals surface area contributed by atoms with E-state index in [0.29, 0.717) is 14.3 Å². The number of hydrogen-bond acceptors (Lipinski definition) is 5. The van der Waals surface area contributed by atoms with Crippen LogP contribution in [0.2, 0.25) is 0 Å². The van der Waals surface area contributed by atoms with Crippen molar-refractivity contribution < 1.29 is 8.42 Å². The molecule has 0 aliphatic heterocycles. The number of rotatable bonds is 2. The van der Waals surface area contributed by atoms with Crippen LogP contribution in [0.25, 0.3) is 10.3 Å². The van der Waals surface area contributed by atoms with Gasteiger partial charge in [-0.25, -0.2) is 4.98 Å². The van der Waals surface area contributed by atoms with Gasteiger partial charge in [0.15, 0.2) is 8.75 Å². The lowest BCUT2D eigenvalue weighted by Gasteiger charge is -2.04. The second-order valence-corrected chi connectivity index (χ2v) is 7.98. The molecule has 0 bridgehead atoms. The molecule has 19 heavy (non-hydrogen) atoms. The van der Waals surface area contributed by atoms with E-state index in [9.17, 15) is 8.42 Å². The molecule has 3 rings (SSSR count). The zero-order chi connectivity index (χ0) is 13.6. The van der Waals surface area contributed by atoms with Gasteiger partial charge in [0.1, 0.15) is 5.52 Å². The monoisotopic (exact) mass is 357 g/mol. The van der Waals surface area contributed by atoms with Gasteiger partial charge in [-0.1, -0.05) is 29.0 Å². The van der Waals surface area contributed by atoms with Gasteiger partial charge in [0.25, 0.3) is 10.0 Å². The number of thiazole rings is 1. The molecule has 5 nitrogen and oxygen atoms in total. The van der Waals surface area contributed by atoms with Gasteiger partial charge >= 0.3 is 0 Å². The molecule has 1 aromatic carbocycles. The Bertz CT molecular complexity index is 850. The lowest BCUT2D eigenvalue weighted by atomic mass is 10.2. The fourth-order valence-electron chi connectivity index (χ4n) is 1.66. The lowest BCUT2D eigenvalue weighted by Crippen LogP contribution is -2.13. The van der Waals surface area contributed by atoms with Crippen LogP contribution in [0, 0.1) is 6.92 Å². The molecule has 0 amide bonds. The van der Waals surface area contributed by atoms with E-state index in [0.717, 1.165) is 9.65 Å². The highest BCUT2D eigenvalue weighted by atomic mass is 79.9. The Morgan fingerprint density at radius 1 is 1.26 bits per heavy atom. The Morgan fingerprint density at radius 3 is 2.63 bits per heavy atom. The second kappa shape index (κ2) is 4.39. The summed E-state index contributed by atoms with van der Waals surface area (Å²) in [6, 6.07) is 6.68. The fourth-order valence-corrected chi connectivity index (χ4v) is 4.51. The van der Waals surface area contributed by atoms with E-state index in [1.165, 1.54) is 17.5 Å². The van der Waals surface area contributed by atoms with Crippen molar-refractivity contribution in [3.05, 3.63) is 39.9 Å². The van der Waals surface area contributed by atoms with Crippen molar-refractivity contribution in [3.63, 3.8) is 0 Å². The zero-order valence-corrected chi connectivity index (χ0v) is 13.0. The third-order valence-corrected chi connectivity index (χ3v) is 5.83. The van der Waals surface area contributed by atoms with Crippen molar-refractivity contribution in [1.29, 1.82) is 0 Å². The number of halogens is 1. The minimum Gasteiger partial charge on any atom is -0.226 e. The molecule has 0 saturated carbocycles. The summed E-state index contributed by atoms with van der Waals surface area (Å²) < 4.78 is 26.6. The van der Waals surface area contributed by atoms with Gasteiger partial charge in [-0.05, 0) is 35.0 Å². The minimum absolute atomic E-state index is 0.215. The Hall–Kier alpha value is -1.25. The summed E-state index contributed by atoms with van der Waals surface area (Å²) in [5, 5.41) is 3.92. The first-order valence-corrected chi connectivity index (χ1v) is 8.36. The fraction of sp³-hybridized carbons (Fsp3) is 0.0909. The average molecular weight is 358 g/mol. The summed E-state index contributed by atoms with van der Waals surface area (Å²) in [5.74, 6) is 0. The number of aromatic nitrogens is 3. The van der Waals surface area contributed by atoms with E-state index in [2.05, 4.69) is 26.0 Å². The summed E-state index contributed by atoms with van der Waals surface area (Å²) in [6.07, 6.45) is 1.45. The zero-order valence-electron chi connectivity index (χ0n) is 9.74. The molecule has 0 aliphatic carbocycles. The topological polar surface area (TPSA) is 64.8 Å². The van der Waals surface area contributed by atoms with Crippen molar-refractivity contribution in [2.75, 3.05) is 0 Å². The second-order valence-electron chi connectivity index (χ2n) is 3.96. The largest absolute Gasteiger partial charge is 0.284 e. The quantitative estimate of drug-likeness (QED) is 0.707. The first kappa shape index (κ1) is 12.8. The molecule has 0 aliphatic rings. The molecule has 98 valence electrons. The molecule has 2 aromatic heterocycles. The minimum atomic E-state index is -3.67. The molecule has 3 aromatic rings. The van der Waals surface area contributed by atoms with Gasteiger partial charge in [-0.3, -0.25) is 0 Å². The molecule has 0 radical (unpaired) electrons. The Balaban J connectivity index is 2.21. The van der Waals surface area contributed by atoms with Gasteiger partial charge in [0.05, 0.1) is 11.1 Å². The van der Waals surface area contributed by atoms with Crippen molar-refractivity contribution in [2.24, 2.45) is 0 Å². The highest BCUT2D eigenvalue weighted by Crippen LogP contribution is 2.28. The van der Waals surface area contributed by atoms with Crippen molar-refractivity contribution in [1.82, 2.24) is 14.2 Å². The van der Waals surface area contributed by atoms with E-state index in [1.54, 1.807) is 24.3 Å². The van der Waals surface area contributed by atoms with Crippen LogP contribution >= 0.6 is 27.3 Å². The lowest BCUT2D eigenvalue weighted by molar-refractivity contribution is 0.582. The van der Waals surface area contributed by atoms with Crippen LogP contribution in [0.4, 0.5) is 0 Å². The third kappa shape index (κ3) is 2.09. The summed E-state index contributed by atoms with van der Waals surface area (Å²) in [6.45, 7) is 1.91. The van der Waals surface area contributed by atoms with Gasteiger partial charge in [-0.15, -0.1) is 4.09 Å². The molecule has 0 spiro atoms. The maximum Gasteiger partial charge on any atom is 0.284 e. The number of hydrogen-bond donors (Lipinski definition) is 0. The van der Waals surface area contributed by atoms with Gasteiger partial charge < -0.3 is 0 Å². The van der Waals surface area contributed by atoms with Crippen LogP contribution in [-0.2, 0) is 10.0 Å². The van der Waals surface area contributed by atoms with Gasteiger partial charge in [0, 0.05) is 0 Å². The average Bonchev–Trinajstić information content (AvgIpc) is 2.88. The van der Waals surface area contributed by atoms with E-state index in [-0.39, 0.29) is 4.90 Å². The van der Waals surface area contributed by atoms with Gasteiger partial charge in [-0.2, -0.15) is 13.5 Å². The van der Waals surface area contributed by atoms with E-state index in [4.69, 9.17) is 0 Å². The Morgan fingerprint density at radius 2 is 1.95 bits per heavy atom. The van der Waals surface area contributed by atoms with E-state index in [1.807, 2.05) is 6.92 Å². The summed E-state index contributed by atoms with van der Waals surface area (Å²) in [5.41, 5.74) is 1.57. The van der Waals surface area contributed by atoms with E-state index >= 15 is 0 Å². The van der Waals surface area contributed by atoms with Crippen LogP contribution in [0.5, 0.6) is 0 Å². The normalized spacial score (nSPS) is 12.1. The van der Waals surface area contributed by atoms with Crippen LogP contribution in [0.3, 0.4) is 0 Å². The Kier molecular flexibility index (Phi) is 2.95. The third-order valence-electron chi connectivity index (χ3n) is 2.61. The Labute approximate surface area is 122 Å². The van der Waals surface area contributed by atoms with Crippen LogP contribution in [-0.4, -0.2) is 22.6 Å². The predicted octanol–water partition coefficient (Wildman–Crippen LogP) is 2.80. The predicted molar refractivity (Wildman–Crippen MR) is 76.9 cm³/mol. The maximum atomic E-state index is 12.5. The van der Waals surface area contributed by atoms with Crippen molar-refractivity contribution in [3.8, 4) is 0 Å². The molecule has 0 unspecified atom stereocenters. The summed E-state index contributed by atoms with van der Waals surface area (Å²) in [7, 11) is -3.67. The first-order valence-electron chi connectivity index (χ1n) is 5.31. The van der Waals surface area contributed by atoms with Crippen molar-refractivity contribution in [2.45, 2.75) is 11.8 Å². The standard InChI is InChI=1S/C11H8BrN3O2S2/c1-7-2-4-8(5-3-7)19(16,17)15-10-9(6-13-15)14-11(12)18-10/h2-6H,1H3. The molecule has 0 atom stereocenters. The van der Waals surface area contributed by atoms with Crippen molar-refractivity contribution >= 4 is 47.6 Å². The highest BCUT2D eigenvalue weighted by molar-refractivity contribution is 9.11. The van der Waals surface area contributed by atoms with Crippen LogP contribution in [0.15, 0.2) is 39.3 Å². The number of nitrogens with zero attached hydrogens (tertiary/aromatic N) is 3. The molecule has 0 fully saturated rings. The molecule has 2 heterocycles. The van der Waals surface area contributed by atoms with Crippen LogP contribution < -0.4 is 0 Å². The molecule has 0 N–H and O–H groups in total. The summed E-state index contributed by atoms with van der Waals surface area (Å²) >= 11 is 4.48. The molecular formula is C11H8BrN3O2S2. The first-order chi connectivity index (χ1) is 8.98. The summed E-state index contributed by atoms with van der Waals surface area (Å²) in [4.78, 5) is 4.86. The SMILES string of the molecule is Cc1ccc(S(=O)(=O)n2ncc3nc(Br)sc32)cc1. The van der Waals surface area contributed by atoms with E-state index < -0.39 is 10.0 Å².